The topological polar surface area (TPSA) is 77.8 Å². The highest BCUT2D eigenvalue weighted by atomic mass is 16.3. The molecule has 0 aromatic carbocycles. The Kier molecular flexibility index (Phi) is 5.44. The van der Waals surface area contributed by atoms with Crippen LogP contribution in [0.25, 0.3) is 0 Å². The maximum absolute atomic E-state index is 12.0. The monoisotopic (exact) mass is 472 g/mol. The van der Waals surface area contributed by atoms with Crippen molar-refractivity contribution in [3.63, 3.8) is 0 Å². The molecule has 4 nitrogen and oxygen atoms in total. The van der Waals surface area contributed by atoms with E-state index in [2.05, 4.69) is 48.1 Å². The van der Waals surface area contributed by atoms with E-state index in [0.29, 0.717) is 18.3 Å². The number of hydrogen-bond donors (Lipinski definition) is 3. The Hall–Kier alpha value is -0.710. The number of aliphatic hydroxyl groups is 3. The zero-order valence-corrected chi connectivity index (χ0v) is 22.3. The van der Waals surface area contributed by atoms with E-state index in [0.717, 1.165) is 50.4 Å². The van der Waals surface area contributed by atoms with Crippen LogP contribution in [0.15, 0.2) is 12.2 Å². The van der Waals surface area contributed by atoms with Crippen molar-refractivity contribution >= 4 is 6.29 Å². The molecule has 5 aliphatic rings. The zero-order valence-electron chi connectivity index (χ0n) is 22.3. The molecule has 0 aliphatic heterocycles. The van der Waals surface area contributed by atoms with Gasteiger partial charge >= 0.3 is 0 Å². The maximum atomic E-state index is 12.0. The largest absolute Gasteiger partial charge is 0.393 e. The Morgan fingerprint density at radius 1 is 0.853 bits per heavy atom. The first-order chi connectivity index (χ1) is 15.7. The molecule has 0 saturated heterocycles. The summed E-state index contributed by atoms with van der Waals surface area (Å²) in [4.78, 5) is 11.8. The third-order valence-corrected chi connectivity index (χ3v) is 13.5. The lowest BCUT2D eigenvalue weighted by Crippen LogP contribution is -2.72. The number of allylic oxidation sites excluding steroid dienone is 1. The van der Waals surface area contributed by atoms with Gasteiger partial charge in [0.2, 0.25) is 0 Å². The van der Waals surface area contributed by atoms with Crippen molar-refractivity contribution in [2.45, 2.75) is 111 Å². The summed E-state index contributed by atoms with van der Waals surface area (Å²) in [5.41, 5.74) is 0.189. The van der Waals surface area contributed by atoms with Crippen molar-refractivity contribution in [1.82, 2.24) is 0 Å². The number of aldehydes is 1. The average molecular weight is 473 g/mol. The van der Waals surface area contributed by atoms with Gasteiger partial charge in [-0.25, -0.2) is 0 Å². The van der Waals surface area contributed by atoms with Gasteiger partial charge in [0, 0.05) is 11.8 Å². The Labute approximate surface area is 206 Å². The van der Waals surface area contributed by atoms with Gasteiger partial charge < -0.3 is 15.3 Å². The second-order valence-corrected chi connectivity index (χ2v) is 14.8. The van der Waals surface area contributed by atoms with E-state index in [-0.39, 0.29) is 39.4 Å². The van der Waals surface area contributed by atoms with Gasteiger partial charge in [-0.05, 0) is 102 Å². The van der Waals surface area contributed by atoms with Crippen molar-refractivity contribution in [2.24, 2.45) is 56.7 Å². The molecule has 3 N–H and O–H groups in total. The summed E-state index contributed by atoms with van der Waals surface area (Å²) in [7, 11) is 0. The van der Waals surface area contributed by atoms with E-state index < -0.39 is 23.7 Å². The Bertz CT molecular complexity index is 881. The lowest BCUT2D eigenvalue weighted by atomic mass is 9.31. The van der Waals surface area contributed by atoms with Gasteiger partial charge in [-0.3, -0.25) is 4.79 Å². The molecular weight excluding hydrogens is 424 g/mol. The Morgan fingerprint density at radius 3 is 2.18 bits per heavy atom. The van der Waals surface area contributed by atoms with Crippen LogP contribution in [0.4, 0.5) is 0 Å². The second-order valence-electron chi connectivity index (χ2n) is 14.8. The van der Waals surface area contributed by atoms with Crippen LogP contribution in [0.1, 0.15) is 92.9 Å². The van der Waals surface area contributed by atoms with Crippen molar-refractivity contribution in [1.29, 1.82) is 0 Å². The summed E-state index contributed by atoms with van der Waals surface area (Å²) >= 11 is 0. The van der Waals surface area contributed by atoms with Crippen LogP contribution in [0, 0.1) is 56.7 Å². The van der Waals surface area contributed by atoms with Gasteiger partial charge in [0.25, 0.3) is 0 Å². The maximum Gasteiger partial charge on any atom is 0.145 e. The minimum atomic E-state index is -0.608. The van der Waals surface area contributed by atoms with Crippen LogP contribution in [0.5, 0.6) is 0 Å². The van der Waals surface area contributed by atoms with Gasteiger partial charge in [0.15, 0.2) is 0 Å². The van der Waals surface area contributed by atoms with Gasteiger partial charge in [-0.15, -0.1) is 0 Å². The van der Waals surface area contributed by atoms with E-state index in [1.807, 2.05) is 0 Å². The predicted molar refractivity (Wildman–Crippen MR) is 134 cm³/mol. The predicted octanol–water partition coefficient (Wildman–Crippen LogP) is 5.15. The number of carbonyl (C=O) groups excluding carboxylic acids is 1. The molecule has 0 unspecified atom stereocenters. The summed E-state index contributed by atoms with van der Waals surface area (Å²) in [6, 6.07) is 0. The minimum absolute atomic E-state index is 0.000238. The highest BCUT2D eigenvalue weighted by Crippen LogP contribution is 2.77. The first kappa shape index (κ1) is 25.0. The summed E-state index contributed by atoms with van der Waals surface area (Å²) < 4.78 is 0. The number of hydrogen-bond acceptors (Lipinski definition) is 4. The van der Waals surface area contributed by atoms with Gasteiger partial charge in [0.05, 0.1) is 18.3 Å². The van der Waals surface area contributed by atoms with E-state index in [4.69, 9.17) is 0 Å². The lowest BCUT2D eigenvalue weighted by molar-refractivity contribution is -0.298. The molecule has 0 spiro atoms. The molecule has 0 bridgehead atoms. The van der Waals surface area contributed by atoms with Crippen molar-refractivity contribution in [3.8, 4) is 0 Å². The van der Waals surface area contributed by atoms with Gasteiger partial charge in [0.1, 0.15) is 6.29 Å². The van der Waals surface area contributed by atoms with Crippen LogP contribution in [-0.4, -0.2) is 39.9 Å². The summed E-state index contributed by atoms with van der Waals surface area (Å²) in [5, 5.41) is 34.4. The quantitative estimate of drug-likeness (QED) is 0.384. The fourth-order valence-corrected chi connectivity index (χ4v) is 11.4. The minimum Gasteiger partial charge on any atom is -0.393 e. The fourth-order valence-electron chi connectivity index (χ4n) is 11.4. The summed E-state index contributed by atoms with van der Waals surface area (Å²) in [6.45, 7) is 18.0. The third-order valence-electron chi connectivity index (χ3n) is 13.5. The molecule has 5 fully saturated rings. The summed E-state index contributed by atoms with van der Waals surface area (Å²) in [6.07, 6.45) is 6.99. The number of aliphatic hydroxyl groups excluding tert-OH is 3. The molecule has 192 valence electrons. The molecule has 4 heteroatoms. The Balaban J connectivity index is 1.61. The van der Waals surface area contributed by atoms with E-state index in [1.165, 1.54) is 6.42 Å². The first-order valence-electron chi connectivity index (χ1n) is 13.9. The average Bonchev–Trinajstić information content (AvgIpc) is 3.11. The number of rotatable bonds is 2. The van der Waals surface area contributed by atoms with E-state index >= 15 is 0 Å². The van der Waals surface area contributed by atoms with Crippen LogP contribution in [0.3, 0.4) is 0 Å². The van der Waals surface area contributed by atoms with E-state index in [1.54, 1.807) is 0 Å². The molecular formula is C30H48O4. The zero-order chi connectivity index (χ0) is 25.1. The van der Waals surface area contributed by atoms with Crippen molar-refractivity contribution in [2.75, 3.05) is 0 Å². The Morgan fingerprint density at radius 2 is 1.53 bits per heavy atom. The standard InChI is InChI=1S/C30H48O4/c1-17(16-31)18-8-10-27(4)12-13-28(5)19(24(18)27)14-20(32)25-29(28,6)11-9-21-26(2,3)22(33)15-23(34)30(21,25)7/h16,18-25,32-34H,1,8-15H2,2-7H3/t18-,19+,20+,21-,22-,23+,24+,25-,27+,28+,29+,30+/m0/s1. The second kappa shape index (κ2) is 7.42. The van der Waals surface area contributed by atoms with Gasteiger partial charge in [-0.2, -0.15) is 0 Å². The molecule has 34 heavy (non-hydrogen) atoms. The highest BCUT2D eigenvalue weighted by molar-refractivity contribution is 5.73. The van der Waals surface area contributed by atoms with Crippen LogP contribution >= 0.6 is 0 Å². The molecule has 0 heterocycles. The molecule has 0 amide bonds. The molecule has 0 radical (unpaired) electrons. The molecule has 5 aliphatic carbocycles. The molecule has 12 atom stereocenters. The molecule has 5 rings (SSSR count). The van der Waals surface area contributed by atoms with Crippen LogP contribution in [-0.2, 0) is 4.79 Å². The van der Waals surface area contributed by atoms with Crippen LogP contribution < -0.4 is 0 Å². The van der Waals surface area contributed by atoms with Gasteiger partial charge in [-0.1, -0.05) is 48.1 Å². The van der Waals surface area contributed by atoms with Crippen LogP contribution in [0.2, 0.25) is 0 Å². The molecule has 0 aromatic heterocycles. The fraction of sp³-hybridized carbons (Fsp3) is 0.900. The number of fused-ring (bicyclic) bond motifs is 7. The third kappa shape index (κ3) is 2.80. The molecule has 5 saturated carbocycles. The molecule has 0 aromatic rings. The number of carbonyl (C=O) groups is 1. The lowest BCUT2D eigenvalue weighted by Gasteiger charge is -2.74. The smallest absolute Gasteiger partial charge is 0.145 e. The van der Waals surface area contributed by atoms with Crippen molar-refractivity contribution in [3.05, 3.63) is 12.2 Å². The first-order valence-corrected chi connectivity index (χ1v) is 13.9. The van der Waals surface area contributed by atoms with Crippen molar-refractivity contribution < 1.29 is 20.1 Å². The SMILES string of the molecule is C=C(C=O)[C@@H]1CC[C@]2(C)CC[C@]3(C)[C@H](C[C@@H](O)[C@@H]4[C@@]5(C)[C@H](O)C[C@H](O)C(C)(C)[C@@H]5CC[C@]43C)[C@@H]12. The summed E-state index contributed by atoms with van der Waals surface area (Å²) in [5.74, 6) is 1.14. The van der Waals surface area contributed by atoms with E-state index in [9.17, 15) is 20.1 Å². The normalized spacial score (nSPS) is 58.1. The highest BCUT2D eigenvalue weighted by Gasteiger charge is 2.73.